The van der Waals surface area contributed by atoms with Crippen molar-refractivity contribution < 1.29 is 33.8 Å². The largest absolute Gasteiger partial charge is 0.480 e. The maximum Gasteiger partial charge on any atom is 0.323 e. The van der Waals surface area contributed by atoms with Gasteiger partial charge in [0.15, 0.2) is 6.10 Å². The molecule has 2 aromatic rings. The second-order valence-corrected chi connectivity index (χ2v) is 14.5. The molecule has 2 fully saturated rings. The summed E-state index contributed by atoms with van der Waals surface area (Å²) in [6.07, 6.45) is 4.08. The van der Waals surface area contributed by atoms with Crippen molar-refractivity contribution in [2.24, 2.45) is 11.8 Å². The minimum absolute atomic E-state index is 0.0408. The molecule has 14 heteroatoms. The smallest absolute Gasteiger partial charge is 0.323 e. The fraction of sp³-hybridized carbons (Fsp3) is 0.600. The van der Waals surface area contributed by atoms with Gasteiger partial charge in [-0.05, 0) is 56.7 Å². The monoisotopic (exact) mass is 698 g/mol. The molecule has 0 bridgehead atoms. The highest BCUT2D eigenvalue weighted by molar-refractivity contribution is 7.09. The van der Waals surface area contributed by atoms with Gasteiger partial charge in [0.1, 0.15) is 22.8 Å². The Morgan fingerprint density at radius 3 is 2.37 bits per heavy atom. The number of rotatable bonds is 16. The zero-order valence-electron chi connectivity index (χ0n) is 29.3. The van der Waals surface area contributed by atoms with E-state index in [0.29, 0.717) is 5.01 Å². The van der Waals surface area contributed by atoms with Gasteiger partial charge >= 0.3 is 11.9 Å². The molecule has 3 N–H and O–H groups in total. The van der Waals surface area contributed by atoms with Gasteiger partial charge in [-0.3, -0.25) is 34.3 Å². The second kappa shape index (κ2) is 17.2. The van der Waals surface area contributed by atoms with E-state index in [-0.39, 0.29) is 54.3 Å². The number of hydrazine groups is 1. The summed E-state index contributed by atoms with van der Waals surface area (Å²) in [5, 5.41) is 16.1. The summed E-state index contributed by atoms with van der Waals surface area (Å²) < 4.78 is 5.71. The van der Waals surface area contributed by atoms with Crippen LogP contribution < -0.4 is 10.7 Å². The van der Waals surface area contributed by atoms with E-state index in [1.807, 2.05) is 56.1 Å². The molecular formula is C35H50N6O7S. The van der Waals surface area contributed by atoms with Gasteiger partial charge in [0.05, 0.1) is 6.04 Å². The molecule has 49 heavy (non-hydrogen) atoms. The minimum Gasteiger partial charge on any atom is -0.480 e. The lowest BCUT2D eigenvalue weighted by Gasteiger charge is -2.37. The molecule has 1 aliphatic carbocycles. The molecule has 0 spiro atoms. The van der Waals surface area contributed by atoms with Crippen molar-refractivity contribution in [3.8, 4) is 0 Å². The third-order valence-electron chi connectivity index (χ3n) is 9.44. The van der Waals surface area contributed by atoms with Crippen LogP contribution in [0.15, 0.2) is 35.7 Å². The van der Waals surface area contributed by atoms with E-state index < -0.39 is 36.0 Å². The van der Waals surface area contributed by atoms with Crippen molar-refractivity contribution in [2.45, 2.75) is 96.0 Å². The first-order valence-electron chi connectivity index (χ1n) is 17.0. The van der Waals surface area contributed by atoms with Crippen LogP contribution in [0.3, 0.4) is 0 Å². The van der Waals surface area contributed by atoms with Gasteiger partial charge in [-0.25, -0.2) is 9.99 Å². The maximum atomic E-state index is 14.0. The average Bonchev–Trinajstić information content (AvgIpc) is 3.78. The van der Waals surface area contributed by atoms with Crippen molar-refractivity contribution in [1.29, 1.82) is 0 Å². The molecule has 2 aliphatic rings. The Balaban J connectivity index is 1.46. The molecule has 1 aromatic heterocycles. The Morgan fingerprint density at radius 2 is 1.78 bits per heavy atom. The summed E-state index contributed by atoms with van der Waals surface area (Å²) in [6.45, 7) is 6.10. The van der Waals surface area contributed by atoms with Gasteiger partial charge < -0.3 is 20.1 Å². The summed E-state index contributed by atoms with van der Waals surface area (Å²) in [5.41, 5.74) is 3.46. The van der Waals surface area contributed by atoms with Crippen molar-refractivity contribution in [3.63, 3.8) is 0 Å². The molecule has 5 atom stereocenters. The Morgan fingerprint density at radius 1 is 1.08 bits per heavy atom. The summed E-state index contributed by atoms with van der Waals surface area (Å²) >= 11 is 1.14. The molecule has 3 amide bonds. The molecule has 13 nitrogen and oxygen atoms in total. The van der Waals surface area contributed by atoms with E-state index >= 15 is 0 Å². The van der Waals surface area contributed by atoms with E-state index in [0.717, 1.165) is 55.5 Å². The van der Waals surface area contributed by atoms with Gasteiger partial charge in [-0.1, -0.05) is 50.6 Å². The number of amides is 3. The number of piperidine rings is 1. The predicted octanol–water partition coefficient (Wildman–Crippen LogP) is 3.27. The molecule has 1 saturated heterocycles. The van der Waals surface area contributed by atoms with Crippen LogP contribution >= 0.6 is 11.3 Å². The zero-order chi connectivity index (χ0) is 35.8. The van der Waals surface area contributed by atoms with Crippen LogP contribution in [0.4, 0.5) is 0 Å². The fourth-order valence-electron chi connectivity index (χ4n) is 6.41. The summed E-state index contributed by atoms with van der Waals surface area (Å²) in [6, 6.07) is 6.83. The number of aliphatic carboxylic acids is 1. The fourth-order valence-corrected chi connectivity index (χ4v) is 7.25. The van der Waals surface area contributed by atoms with E-state index in [1.54, 1.807) is 11.9 Å². The quantitative estimate of drug-likeness (QED) is 0.175. The van der Waals surface area contributed by atoms with Gasteiger partial charge in [-0.15, -0.1) is 11.3 Å². The van der Waals surface area contributed by atoms with Crippen LogP contribution in [0.5, 0.6) is 0 Å². The molecule has 1 saturated carbocycles. The lowest BCUT2D eigenvalue weighted by Crippen LogP contribution is -2.56. The number of carbonyl (C=O) groups is 5. The highest BCUT2D eigenvalue weighted by Gasteiger charge is 2.42. The van der Waals surface area contributed by atoms with Crippen LogP contribution in [-0.4, -0.2) is 106 Å². The second-order valence-electron chi connectivity index (χ2n) is 13.6. The Hall–Kier alpha value is -3.88. The normalized spacial score (nSPS) is 19.1. The van der Waals surface area contributed by atoms with Crippen LogP contribution in [0, 0.1) is 11.8 Å². The first kappa shape index (κ1) is 37.9. The van der Waals surface area contributed by atoms with Crippen molar-refractivity contribution in [2.75, 3.05) is 27.7 Å². The Bertz CT molecular complexity index is 1470. The number of esters is 1. The number of likely N-dealkylation sites (tertiary alicyclic amines) is 1. The van der Waals surface area contributed by atoms with Crippen LogP contribution in [-0.2, 0) is 30.3 Å². The molecule has 2 heterocycles. The third kappa shape index (κ3) is 10.3. The van der Waals surface area contributed by atoms with E-state index in [2.05, 4.69) is 15.7 Å². The molecule has 1 aliphatic heterocycles. The minimum atomic E-state index is -1.09. The summed E-state index contributed by atoms with van der Waals surface area (Å²) in [4.78, 5) is 72.9. The number of hydrogen-bond acceptors (Lipinski definition) is 10. The van der Waals surface area contributed by atoms with E-state index in [1.165, 1.54) is 24.4 Å². The Labute approximate surface area is 292 Å². The highest BCUT2D eigenvalue weighted by atomic mass is 32.1. The van der Waals surface area contributed by atoms with Crippen LogP contribution in [0.1, 0.15) is 86.5 Å². The van der Waals surface area contributed by atoms with Crippen LogP contribution in [0.2, 0.25) is 0 Å². The van der Waals surface area contributed by atoms with Gasteiger partial charge in [-0.2, -0.15) is 0 Å². The number of nitrogens with one attached hydrogen (secondary N) is 2. The number of likely N-dealkylation sites (N-methyl/N-ethyl adjacent to an activating group) is 3. The lowest BCUT2D eigenvalue weighted by molar-refractivity contribution is -0.149. The molecular weight excluding hydrogens is 648 g/mol. The number of thiazole rings is 1. The number of carboxylic acid groups (broad SMARTS) is 1. The topological polar surface area (TPSA) is 161 Å². The number of benzene rings is 1. The van der Waals surface area contributed by atoms with E-state index in [4.69, 9.17) is 4.74 Å². The first-order valence-corrected chi connectivity index (χ1v) is 17.8. The lowest BCUT2D eigenvalue weighted by atomic mass is 9.95. The SMILES string of the molecule is CC(=O)OC(CC(C(C)C)N(C)C(=O)C(NC(=O)[C@H]1CCCCN1C)C1CC1)c1nc(C(=O)NN(C)C(Cc2ccccc2)C(=O)O)cs1. The maximum absolute atomic E-state index is 14.0. The van der Waals surface area contributed by atoms with Gasteiger partial charge in [0.2, 0.25) is 11.8 Å². The molecule has 1 aromatic carbocycles. The van der Waals surface area contributed by atoms with Crippen molar-refractivity contribution in [1.82, 2.24) is 30.5 Å². The van der Waals surface area contributed by atoms with Gasteiger partial charge in [0, 0.05) is 45.3 Å². The molecule has 4 rings (SSSR count). The third-order valence-corrected chi connectivity index (χ3v) is 10.4. The zero-order valence-corrected chi connectivity index (χ0v) is 30.1. The number of aromatic nitrogens is 1. The number of ether oxygens (including phenoxy) is 1. The van der Waals surface area contributed by atoms with Crippen molar-refractivity contribution >= 4 is 41.0 Å². The highest BCUT2D eigenvalue weighted by Crippen LogP contribution is 2.36. The molecule has 4 unspecified atom stereocenters. The van der Waals surface area contributed by atoms with Gasteiger partial charge in [0.25, 0.3) is 5.91 Å². The predicted molar refractivity (Wildman–Crippen MR) is 184 cm³/mol. The molecule has 268 valence electrons. The number of nitrogens with zero attached hydrogens (tertiary/aromatic N) is 4. The van der Waals surface area contributed by atoms with E-state index in [9.17, 15) is 29.1 Å². The van der Waals surface area contributed by atoms with Crippen LogP contribution in [0.25, 0.3) is 0 Å². The Kier molecular flexibility index (Phi) is 13.3. The summed E-state index contributed by atoms with van der Waals surface area (Å²) in [5.74, 6) is -2.49. The standard InChI is InChI=1S/C35H50N6O7S/c1-21(2)27(40(5)34(45)30(24-15-16-24)37-32(44)26-14-10-11-17-39(26)4)19-29(48-22(3)42)33-36-25(20-49-33)31(43)38-41(6)28(35(46)47)18-23-12-8-7-9-13-23/h7-9,12-13,20-21,24,26-30H,10-11,14-19H2,1-6H3,(H,37,44)(H,38,43)(H,46,47)/t26-,27?,28?,29?,30?/m1/s1. The van der Waals surface area contributed by atoms with Crippen molar-refractivity contribution in [3.05, 3.63) is 52.0 Å². The summed E-state index contributed by atoms with van der Waals surface area (Å²) in [7, 11) is 5.15. The number of hydrogen-bond donors (Lipinski definition) is 3. The molecule has 0 radical (unpaired) electrons. The number of carbonyl (C=O) groups excluding carboxylic acids is 4. The number of carboxylic acids is 1. The first-order chi connectivity index (χ1) is 23.3. The average molecular weight is 699 g/mol.